The molecule has 2 N–H and O–H groups in total. The Morgan fingerprint density at radius 3 is 2.83 bits per heavy atom. The smallest absolute Gasteiger partial charge is 0.319 e. The van der Waals surface area contributed by atoms with Crippen LogP contribution in [0.3, 0.4) is 0 Å². The molecular weight excluding hydrogens is 230 g/mol. The molecule has 6 heteroatoms. The topological polar surface area (TPSA) is 64.3 Å². The zero-order valence-electron chi connectivity index (χ0n) is 11.0. The van der Waals surface area contributed by atoms with E-state index in [1.807, 2.05) is 11.1 Å². The summed E-state index contributed by atoms with van der Waals surface area (Å²) in [5, 5.41) is 3.47. The lowest BCUT2D eigenvalue weighted by Crippen LogP contribution is -2.47. The minimum atomic E-state index is 0.111. The summed E-state index contributed by atoms with van der Waals surface area (Å²) >= 11 is 0. The van der Waals surface area contributed by atoms with E-state index in [0.717, 1.165) is 38.3 Å². The van der Waals surface area contributed by atoms with E-state index in [1.165, 1.54) is 0 Å². The van der Waals surface area contributed by atoms with Gasteiger partial charge in [-0.05, 0) is 12.8 Å². The first kappa shape index (κ1) is 12.9. The maximum atomic E-state index is 11.8. The van der Waals surface area contributed by atoms with Crippen molar-refractivity contribution in [2.45, 2.75) is 25.4 Å². The van der Waals surface area contributed by atoms with E-state index in [0.29, 0.717) is 6.04 Å². The summed E-state index contributed by atoms with van der Waals surface area (Å²) in [6.07, 6.45) is 5.59. The number of hydrogen-bond donors (Lipinski definition) is 2. The fourth-order valence-electron chi connectivity index (χ4n) is 2.19. The number of likely N-dealkylation sites (tertiary alicyclic amines) is 1. The molecule has 2 amide bonds. The summed E-state index contributed by atoms with van der Waals surface area (Å²) < 4.78 is 0. The van der Waals surface area contributed by atoms with Gasteiger partial charge in [-0.1, -0.05) is 0 Å². The van der Waals surface area contributed by atoms with Gasteiger partial charge in [-0.15, -0.1) is 0 Å². The van der Waals surface area contributed by atoms with Gasteiger partial charge in [0.25, 0.3) is 0 Å². The highest BCUT2D eigenvalue weighted by molar-refractivity contribution is 5.73. The first-order chi connectivity index (χ1) is 8.66. The Labute approximate surface area is 107 Å². The molecule has 1 aromatic heterocycles. The van der Waals surface area contributed by atoms with Crippen molar-refractivity contribution in [3.05, 3.63) is 18.2 Å². The van der Waals surface area contributed by atoms with Crippen LogP contribution < -0.4 is 5.32 Å². The standard InChI is InChI=1S/C12H21N5O/c1-16(2)12(18)17-7-3-10(4-8-17)15-9-11-13-5-6-14-11/h5-6,10,15H,3-4,7-9H2,1-2H3,(H,13,14). The number of aromatic amines is 1. The molecule has 0 aromatic carbocycles. The van der Waals surface area contributed by atoms with E-state index in [9.17, 15) is 4.79 Å². The molecular formula is C12H21N5O. The summed E-state index contributed by atoms with van der Waals surface area (Å²) in [7, 11) is 3.59. The van der Waals surface area contributed by atoms with Crippen LogP contribution in [0.1, 0.15) is 18.7 Å². The third-order valence-electron chi connectivity index (χ3n) is 3.26. The predicted octanol–water partition coefficient (Wildman–Crippen LogP) is 0.645. The largest absolute Gasteiger partial charge is 0.348 e. The summed E-state index contributed by atoms with van der Waals surface area (Å²) in [5.41, 5.74) is 0. The molecule has 100 valence electrons. The number of nitrogens with zero attached hydrogens (tertiary/aromatic N) is 3. The van der Waals surface area contributed by atoms with Crippen LogP contribution in [0.2, 0.25) is 0 Å². The van der Waals surface area contributed by atoms with Crippen molar-refractivity contribution in [1.29, 1.82) is 0 Å². The van der Waals surface area contributed by atoms with Crippen LogP contribution >= 0.6 is 0 Å². The number of piperidine rings is 1. The molecule has 6 nitrogen and oxygen atoms in total. The second-order valence-corrected chi connectivity index (χ2v) is 4.86. The quantitative estimate of drug-likeness (QED) is 0.829. The minimum absolute atomic E-state index is 0.111. The Morgan fingerprint density at radius 1 is 1.56 bits per heavy atom. The van der Waals surface area contributed by atoms with Crippen molar-refractivity contribution in [1.82, 2.24) is 25.1 Å². The first-order valence-corrected chi connectivity index (χ1v) is 6.34. The molecule has 1 aliphatic heterocycles. The van der Waals surface area contributed by atoms with Gasteiger partial charge in [0.1, 0.15) is 5.82 Å². The summed E-state index contributed by atoms with van der Waals surface area (Å²) in [6, 6.07) is 0.584. The molecule has 0 radical (unpaired) electrons. The van der Waals surface area contributed by atoms with Crippen molar-refractivity contribution < 1.29 is 4.79 Å². The highest BCUT2D eigenvalue weighted by Gasteiger charge is 2.23. The zero-order chi connectivity index (χ0) is 13.0. The van der Waals surface area contributed by atoms with Gasteiger partial charge in [0.05, 0.1) is 6.54 Å². The molecule has 18 heavy (non-hydrogen) atoms. The summed E-state index contributed by atoms with van der Waals surface area (Å²) in [4.78, 5) is 22.6. The normalized spacial score (nSPS) is 16.9. The van der Waals surface area contributed by atoms with Gasteiger partial charge in [0.2, 0.25) is 0 Å². The van der Waals surface area contributed by atoms with Gasteiger partial charge in [-0.25, -0.2) is 9.78 Å². The molecule has 0 bridgehead atoms. The maximum absolute atomic E-state index is 11.8. The molecule has 0 saturated carbocycles. The van der Waals surface area contributed by atoms with Gasteiger partial charge in [0.15, 0.2) is 0 Å². The Hall–Kier alpha value is -1.56. The number of carbonyl (C=O) groups is 1. The number of rotatable bonds is 3. The molecule has 0 atom stereocenters. The fourth-order valence-corrected chi connectivity index (χ4v) is 2.19. The SMILES string of the molecule is CN(C)C(=O)N1CCC(NCc2ncc[nH]2)CC1. The van der Waals surface area contributed by atoms with Crippen LogP contribution in [0.15, 0.2) is 12.4 Å². The fraction of sp³-hybridized carbons (Fsp3) is 0.667. The Balaban J connectivity index is 1.72. The molecule has 1 aromatic rings. The number of imidazole rings is 1. The second-order valence-electron chi connectivity index (χ2n) is 4.86. The van der Waals surface area contributed by atoms with E-state index in [2.05, 4.69) is 15.3 Å². The molecule has 0 spiro atoms. The average Bonchev–Trinajstić information content (AvgIpc) is 2.89. The molecule has 0 aliphatic carbocycles. The van der Waals surface area contributed by atoms with E-state index in [4.69, 9.17) is 0 Å². The van der Waals surface area contributed by atoms with Crippen LogP contribution in [-0.2, 0) is 6.54 Å². The lowest BCUT2D eigenvalue weighted by molar-refractivity contribution is 0.152. The third-order valence-corrected chi connectivity index (χ3v) is 3.26. The molecule has 1 saturated heterocycles. The second kappa shape index (κ2) is 5.86. The van der Waals surface area contributed by atoms with E-state index in [1.54, 1.807) is 25.2 Å². The van der Waals surface area contributed by atoms with Gasteiger partial charge >= 0.3 is 6.03 Å². The van der Waals surface area contributed by atoms with Crippen molar-refractivity contribution >= 4 is 6.03 Å². The van der Waals surface area contributed by atoms with Crippen LogP contribution in [0.25, 0.3) is 0 Å². The van der Waals surface area contributed by atoms with E-state index < -0.39 is 0 Å². The Morgan fingerprint density at radius 2 is 2.28 bits per heavy atom. The number of urea groups is 1. The van der Waals surface area contributed by atoms with Crippen molar-refractivity contribution in [3.8, 4) is 0 Å². The maximum Gasteiger partial charge on any atom is 0.319 e. The van der Waals surface area contributed by atoms with Crippen molar-refractivity contribution in [2.75, 3.05) is 27.2 Å². The van der Waals surface area contributed by atoms with Gasteiger partial charge in [-0.2, -0.15) is 0 Å². The average molecular weight is 251 g/mol. The number of nitrogens with one attached hydrogen (secondary N) is 2. The van der Waals surface area contributed by atoms with Gasteiger partial charge < -0.3 is 20.1 Å². The highest BCUT2D eigenvalue weighted by atomic mass is 16.2. The molecule has 1 fully saturated rings. The Bertz CT molecular complexity index is 368. The molecule has 2 heterocycles. The van der Waals surface area contributed by atoms with E-state index in [-0.39, 0.29) is 6.03 Å². The van der Waals surface area contributed by atoms with Crippen LogP contribution in [0, 0.1) is 0 Å². The molecule has 0 unspecified atom stereocenters. The Kier molecular flexibility index (Phi) is 4.19. The molecule has 2 rings (SSSR count). The van der Waals surface area contributed by atoms with Crippen LogP contribution in [-0.4, -0.2) is 59.0 Å². The monoisotopic (exact) mass is 251 g/mol. The number of hydrogen-bond acceptors (Lipinski definition) is 3. The first-order valence-electron chi connectivity index (χ1n) is 6.34. The summed E-state index contributed by atoms with van der Waals surface area (Å²) in [5.74, 6) is 0.960. The number of carbonyl (C=O) groups excluding carboxylic acids is 1. The highest BCUT2D eigenvalue weighted by Crippen LogP contribution is 2.12. The van der Waals surface area contributed by atoms with E-state index >= 15 is 0 Å². The van der Waals surface area contributed by atoms with Crippen LogP contribution in [0.5, 0.6) is 0 Å². The predicted molar refractivity (Wildman–Crippen MR) is 69.1 cm³/mol. The van der Waals surface area contributed by atoms with Crippen molar-refractivity contribution in [3.63, 3.8) is 0 Å². The lowest BCUT2D eigenvalue weighted by atomic mass is 10.1. The third kappa shape index (κ3) is 3.22. The van der Waals surface area contributed by atoms with Gasteiger partial charge in [0, 0.05) is 45.6 Å². The zero-order valence-corrected chi connectivity index (χ0v) is 11.0. The number of aromatic nitrogens is 2. The lowest BCUT2D eigenvalue weighted by Gasteiger charge is -2.33. The number of amides is 2. The van der Waals surface area contributed by atoms with Crippen LogP contribution in [0.4, 0.5) is 4.79 Å². The molecule has 1 aliphatic rings. The van der Waals surface area contributed by atoms with Gasteiger partial charge in [-0.3, -0.25) is 0 Å². The van der Waals surface area contributed by atoms with Crippen molar-refractivity contribution in [2.24, 2.45) is 0 Å². The minimum Gasteiger partial charge on any atom is -0.348 e. The summed E-state index contributed by atoms with van der Waals surface area (Å²) in [6.45, 7) is 2.42. The number of H-pyrrole nitrogens is 1.